The maximum absolute atomic E-state index is 6.01. The lowest BCUT2D eigenvalue weighted by atomic mass is 9.99. The summed E-state index contributed by atoms with van der Waals surface area (Å²) in [6, 6.07) is 0. The molecule has 110 valence electrons. The van der Waals surface area contributed by atoms with Crippen molar-refractivity contribution >= 4 is 23.0 Å². The van der Waals surface area contributed by atoms with Gasteiger partial charge in [0.2, 0.25) is 0 Å². The fraction of sp³-hybridized carbons (Fsp3) is 0.667. The van der Waals surface area contributed by atoms with Gasteiger partial charge >= 0.3 is 0 Å². The molecule has 1 aromatic heterocycles. The molecule has 1 aliphatic rings. The normalized spacial score (nSPS) is 17.5. The van der Waals surface area contributed by atoms with Crippen molar-refractivity contribution in [3.8, 4) is 0 Å². The van der Waals surface area contributed by atoms with Crippen molar-refractivity contribution in [2.75, 3.05) is 11.4 Å². The van der Waals surface area contributed by atoms with E-state index in [-0.39, 0.29) is 5.54 Å². The molecule has 0 unspecified atom stereocenters. The summed E-state index contributed by atoms with van der Waals surface area (Å²) in [6.07, 6.45) is 4.06. The van der Waals surface area contributed by atoms with Gasteiger partial charge in [-0.25, -0.2) is 0 Å². The molecule has 0 bridgehead atoms. The Bertz CT molecular complexity index is 525. The van der Waals surface area contributed by atoms with Crippen molar-refractivity contribution < 1.29 is 0 Å². The zero-order valence-corrected chi connectivity index (χ0v) is 13.7. The monoisotopic (exact) mass is 292 g/mol. The first-order chi connectivity index (χ1) is 9.42. The summed E-state index contributed by atoms with van der Waals surface area (Å²) in [5.41, 5.74) is 9.20. The van der Waals surface area contributed by atoms with Crippen LogP contribution in [0.3, 0.4) is 0 Å². The molecule has 1 fully saturated rings. The Kier molecular flexibility index (Phi) is 4.28. The second-order valence-electron chi connectivity index (χ2n) is 5.96. The van der Waals surface area contributed by atoms with Crippen LogP contribution in [0.15, 0.2) is 0 Å². The predicted octanol–water partition coefficient (Wildman–Crippen LogP) is 2.61. The molecule has 20 heavy (non-hydrogen) atoms. The Morgan fingerprint density at radius 1 is 1.30 bits per heavy atom. The summed E-state index contributed by atoms with van der Waals surface area (Å²) < 4.78 is 0. The van der Waals surface area contributed by atoms with Gasteiger partial charge in [-0.3, -0.25) is 0 Å². The van der Waals surface area contributed by atoms with Crippen molar-refractivity contribution in [2.24, 2.45) is 5.73 Å². The second-order valence-corrected chi connectivity index (χ2v) is 6.40. The molecular formula is C15H24N4S. The quantitative estimate of drug-likeness (QED) is 0.865. The van der Waals surface area contributed by atoms with Gasteiger partial charge in [0.05, 0.1) is 11.3 Å². The van der Waals surface area contributed by atoms with Crippen LogP contribution in [0.4, 0.5) is 5.82 Å². The predicted molar refractivity (Wildman–Crippen MR) is 87.3 cm³/mol. The van der Waals surface area contributed by atoms with E-state index in [0.29, 0.717) is 4.99 Å². The first-order valence-electron chi connectivity index (χ1n) is 7.38. The molecule has 0 radical (unpaired) electrons. The van der Waals surface area contributed by atoms with Crippen LogP contribution in [-0.2, 0) is 12.8 Å². The number of hydrogen-bond donors (Lipinski definition) is 1. The Balaban J connectivity index is 2.62. The maximum atomic E-state index is 6.01. The van der Waals surface area contributed by atoms with Gasteiger partial charge in [0, 0.05) is 12.1 Å². The lowest BCUT2D eigenvalue weighted by Crippen LogP contribution is -2.40. The Morgan fingerprint density at radius 2 is 2.00 bits per heavy atom. The third-order valence-corrected chi connectivity index (χ3v) is 4.43. The van der Waals surface area contributed by atoms with E-state index in [0.717, 1.165) is 48.4 Å². The van der Waals surface area contributed by atoms with Crippen LogP contribution in [0.1, 0.15) is 57.4 Å². The first-order valence-corrected chi connectivity index (χ1v) is 7.79. The maximum Gasteiger partial charge on any atom is 0.162 e. The van der Waals surface area contributed by atoms with Crippen LogP contribution in [0.2, 0.25) is 0 Å². The van der Waals surface area contributed by atoms with Crippen molar-refractivity contribution in [1.82, 2.24) is 10.2 Å². The van der Waals surface area contributed by atoms with Crippen molar-refractivity contribution in [2.45, 2.75) is 58.9 Å². The molecule has 2 N–H and O–H groups in total. The number of thiocarbonyl (C=S) groups is 1. The van der Waals surface area contributed by atoms with Gasteiger partial charge < -0.3 is 10.6 Å². The summed E-state index contributed by atoms with van der Waals surface area (Å²) in [5.74, 6) is 0.869. The zero-order chi connectivity index (χ0) is 14.9. The average Bonchev–Trinajstić information content (AvgIpc) is 2.76. The van der Waals surface area contributed by atoms with E-state index in [1.807, 2.05) is 0 Å². The molecule has 1 aromatic rings. The minimum absolute atomic E-state index is 0.0902. The molecule has 0 atom stereocenters. The minimum atomic E-state index is 0.0902. The summed E-state index contributed by atoms with van der Waals surface area (Å²) >= 11 is 5.30. The summed E-state index contributed by atoms with van der Waals surface area (Å²) in [5, 5.41) is 8.88. The van der Waals surface area contributed by atoms with Crippen LogP contribution in [0.5, 0.6) is 0 Å². The van der Waals surface area contributed by atoms with E-state index in [2.05, 4.69) is 42.8 Å². The van der Waals surface area contributed by atoms with Gasteiger partial charge in [0.15, 0.2) is 5.82 Å². The average molecular weight is 292 g/mol. The number of nitrogens with two attached hydrogens (primary N) is 1. The Hall–Kier alpha value is -1.23. The molecule has 0 aliphatic carbocycles. The van der Waals surface area contributed by atoms with Crippen LogP contribution >= 0.6 is 12.2 Å². The molecule has 0 amide bonds. The van der Waals surface area contributed by atoms with E-state index in [9.17, 15) is 0 Å². The van der Waals surface area contributed by atoms with E-state index in [1.165, 1.54) is 6.42 Å². The van der Waals surface area contributed by atoms with E-state index >= 15 is 0 Å². The fourth-order valence-corrected chi connectivity index (χ4v) is 3.32. The Morgan fingerprint density at radius 3 is 2.45 bits per heavy atom. The van der Waals surface area contributed by atoms with Crippen LogP contribution in [0.25, 0.3) is 0 Å². The Labute approximate surface area is 126 Å². The van der Waals surface area contributed by atoms with Crippen LogP contribution in [-0.4, -0.2) is 27.3 Å². The molecule has 5 heteroatoms. The standard InChI is InChI=1S/C15H24N4S/c1-5-10-11(6-2)17-18-14(12(10)13(16)20)19-9-7-8-15(19,3)4/h5-9H2,1-4H3,(H2,16,20). The second kappa shape index (κ2) is 5.64. The number of hydrogen-bond acceptors (Lipinski definition) is 4. The molecule has 0 aromatic carbocycles. The number of aromatic nitrogens is 2. The molecule has 4 nitrogen and oxygen atoms in total. The van der Waals surface area contributed by atoms with E-state index in [4.69, 9.17) is 18.0 Å². The summed E-state index contributed by atoms with van der Waals surface area (Å²) in [4.78, 5) is 2.75. The highest BCUT2D eigenvalue weighted by Gasteiger charge is 2.35. The lowest BCUT2D eigenvalue weighted by molar-refractivity contribution is 0.512. The van der Waals surface area contributed by atoms with Crippen molar-refractivity contribution in [3.63, 3.8) is 0 Å². The largest absolute Gasteiger partial charge is 0.389 e. The van der Waals surface area contributed by atoms with Gasteiger partial charge in [0.1, 0.15) is 4.99 Å². The summed E-state index contributed by atoms with van der Waals surface area (Å²) in [7, 11) is 0. The summed E-state index contributed by atoms with van der Waals surface area (Å²) in [6.45, 7) is 9.68. The van der Waals surface area contributed by atoms with Gasteiger partial charge in [0.25, 0.3) is 0 Å². The first kappa shape index (κ1) is 15.2. The molecule has 2 heterocycles. The third-order valence-electron chi connectivity index (χ3n) is 4.23. The highest BCUT2D eigenvalue weighted by molar-refractivity contribution is 7.80. The van der Waals surface area contributed by atoms with Gasteiger partial charge in [-0.05, 0) is 45.1 Å². The molecule has 1 aliphatic heterocycles. The van der Waals surface area contributed by atoms with Crippen LogP contribution in [0, 0.1) is 0 Å². The van der Waals surface area contributed by atoms with E-state index in [1.54, 1.807) is 0 Å². The highest BCUT2D eigenvalue weighted by Crippen LogP contribution is 2.35. The number of rotatable bonds is 4. The molecule has 0 spiro atoms. The lowest BCUT2D eigenvalue weighted by Gasteiger charge is -2.34. The SMILES string of the molecule is CCc1nnc(N2CCCC2(C)C)c(C(N)=S)c1CC. The van der Waals surface area contributed by atoms with Crippen LogP contribution < -0.4 is 10.6 Å². The minimum Gasteiger partial charge on any atom is -0.389 e. The van der Waals surface area contributed by atoms with Gasteiger partial charge in [-0.15, -0.1) is 5.10 Å². The third kappa shape index (κ3) is 2.51. The number of anilines is 1. The molecule has 0 saturated carbocycles. The van der Waals surface area contributed by atoms with E-state index < -0.39 is 0 Å². The highest BCUT2D eigenvalue weighted by atomic mass is 32.1. The molecular weight excluding hydrogens is 268 g/mol. The van der Waals surface area contributed by atoms with Crippen molar-refractivity contribution in [3.05, 3.63) is 16.8 Å². The molecule has 2 rings (SSSR count). The molecule has 1 saturated heterocycles. The number of aryl methyl sites for hydroxylation is 1. The zero-order valence-electron chi connectivity index (χ0n) is 12.9. The van der Waals surface area contributed by atoms with Crippen molar-refractivity contribution in [1.29, 1.82) is 0 Å². The smallest absolute Gasteiger partial charge is 0.162 e. The van der Waals surface area contributed by atoms with Gasteiger partial charge in [-0.1, -0.05) is 26.1 Å². The number of nitrogens with zero attached hydrogens (tertiary/aromatic N) is 3. The fourth-order valence-electron chi connectivity index (χ4n) is 3.11. The topological polar surface area (TPSA) is 55.0 Å². The van der Waals surface area contributed by atoms with Gasteiger partial charge in [-0.2, -0.15) is 5.10 Å².